The zero-order valence-corrected chi connectivity index (χ0v) is 20.1. The molecular formula is C27H27N7O2. The third kappa shape index (κ3) is 4.22. The van der Waals surface area contributed by atoms with E-state index in [0.29, 0.717) is 29.2 Å². The number of aromatic nitrogens is 4. The summed E-state index contributed by atoms with van der Waals surface area (Å²) in [5.74, 6) is 0.940. The fourth-order valence-corrected chi connectivity index (χ4v) is 4.81. The smallest absolute Gasteiger partial charge is 0.254 e. The van der Waals surface area contributed by atoms with Crippen molar-refractivity contribution in [1.82, 2.24) is 24.8 Å². The predicted molar refractivity (Wildman–Crippen MR) is 136 cm³/mol. The van der Waals surface area contributed by atoms with Crippen molar-refractivity contribution in [2.45, 2.75) is 20.0 Å². The monoisotopic (exact) mass is 481 g/mol. The van der Waals surface area contributed by atoms with Crippen LogP contribution in [-0.2, 0) is 17.8 Å². The van der Waals surface area contributed by atoms with Crippen LogP contribution in [0.5, 0.6) is 0 Å². The van der Waals surface area contributed by atoms with E-state index < -0.39 is 0 Å². The summed E-state index contributed by atoms with van der Waals surface area (Å²) in [7, 11) is 0. The summed E-state index contributed by atoms with van der Waals surface area (Å²) in [4.78, 5) is 35.4. The second kappa shape index (κ2) is 8.83. The summed E-state index contributed by atoms with van der Waals surface area (Å²) >= 11 is 0. The molecule has 1 aromatic carbocycles. The Labute approximate surface area is 209 Å². The number of amides is 1. The van der Waals surface area contributed by atoms with Gasteiger partial charge in [-0.2, -0.15) is 0 Å². The lowest BCUT2D eigenvalue weighted by atomic mass is 9.78. The van der Waals surface area contributed by atoms with E-state index in [0.717, 1.165) is 54.2 Å². The second-order valence-corrected chi connectivity index (χ2v) is 9.78. The summed E-state index contributed by atoms with van der Waals surface area (Å²) in [6, 6.07) is 13.2. The first kappa shape index (κ1) is 22.4. The Hall–Kier alpha value is -4.11. The van der Waals surface area contributed by atoms with Gasteiger partial charge >= 0.3 is 0 Å². The molecule has 5 heterocycles. The number of rotatable bonds is 6. The average molecular weight is 482 g/mol. The number of nitrogens with zero attached hydrogens (tertiary/aromatic N) is 6. The lowest BCUT2D eigenvalue weighted by Gasteiger charge is -2.55. The molecule has 182 valence electrons. The zero-order chi connectivity index (χ0) is 24.7. The van der Waals surface area contributed by atoms with Crippen molar-refractivity contribution >= 4 is 28.3 Å². The van der Waals surface area contributed by atoms with Crippen LogP contribution < -0.4 is 10.6 Å². The van der Waals surface area contributed by atoms with Gasteiger partial charge in [-0.05, 0) is 55.0 Å². The van der Waals surface area contributed by atoms with Crippen LogP contribution in [0.3, 0.4) is 0 Å². The molecule has 36 heavy (non-hydrogen) atoms. The second-order valence-electron chi connectivity index (χ2n) is 9.78. The quantitative estimate of drug-likeness (QED) is 0.448. The molecule has 2 saturated heterocycles. The van der Waals surface area contributed by atoms with Crippen molar-refractivity contribution < 1.29 is 9.53 Å². The Kier molecular flexibility index (Phi) is 5.49. The van der Waals surface area contributed by atoms with Gasteiger partial charge in [-0.25, -0.2) is 15.0 Å². The Morgan fingerprint density at radius 2 is 1.89 bits per heavy atom. The van der Waals surface area contributed by atoms with Gasteiger partial charge in [0.05, 0.1) is 54.8 Å². The lowest BCUT2D eigenvalue weighted by Crippen LogP contribution is -2.66. The third-order valence-corrected chi connectivity index (χ3v) is 6.93. The van der Waals surface area contributed by atoms with Crippen molar-refractivity contribution in [3.8, 4) is 0 Å². The molecule has 1 amide bonds. The van der Waals surface area contributed by atoms with Gasteiger partial charge in [0.1, 0.15) is 11.6 Å². The molecule has 3 aromatic heterocycles. The van der Waals surface area contributed by atoms with Gasteiger partial charge < -0.3 is 20.3 Å². The molecule has 0 aliphatic carbocycles. The van der Waals surface area contributed by atoms with E-state index in [1.807, 2.05) is 37.4 Å². The number of pyridine rings is 2. The number of ether oxygens (including phenoxy) is 1. The molecule has 9 heteroatoms. The molecule has 0 bridgehead atoms. The van der Waals surface area contributed by atoms with Crippen LogP contribution >= 0.6 is 0 Å². The standard InChI is InChI=1S/C27H27N7O2/c1-18-9-20-10-19(3-6-23(20)32-25(18)28)26(35)33(13-24-29-7-2-8-30-24)12-21-4-5-22(11-31-21)34-14-27(15-34)16-36-17-27/h2-11H,12-17H2,1H3,(H2,28,32). The SMILES string of the molecule is Cc1cc2cc(C(=O)N(Cc3ccc(N4CC5(COC5)C4)cn3)Cc3ncccn3)ccc2nc1N. The van der Waals surface area contributed by atoms with Crippen LogP contribution in [0, 0.1) is 12.3 Å². The van der Waals surface area contributed by atoms with Gasteiger partial charge in [-0.15, -0.1) is 0 Å². The molecule has 0 atom stereocenters. The zero-order valence-electron chi connectivity index (χ0n) is 20.1. The van der Waals surface area contributed by atoms with Crippen LogP contribution in [-0.4, -0.2) is 57.0 Å². The Morgan fingerprint density at radius 3 is 2.58 bits per heavy atom. The first-order valence-corrected chi connectivity index (χ1v) is 12.0. The molecular weight excluding hydrogens is 454 g/mol. The summed E-state index contributed by atoms with van der Waals surface area (Å²) in [5.41, 5.74) is 10.4. The fourth-order valence-electron chi connectivity index (χ4n) is 4.81. The van der Waals surface area contributed by atoms with Crippen molar-refractivity contribution in [3.63, 3.8) is 0 Å². The van der Waals surface area contributed by atoms with E-state index in [-0.39, 0.29) is 12.5 Å². The number of benzene rings is 1. The van der Waals surface area contributed by atoms with Gasteiger partial charge in [0.25, 0.3) is 5.91 Å². The number of hydrogen-bond donors (Lipinski definition) is 1. The molecule has 0 unspecified atom stereocenters. The number of fused-ring (bicyclic) bond motifs is 1. The first-order chi connectivity index (χ1) is 17.5. The highest BCUT2D eigenvalue weighted by Gasteiger charge is 2.49. The molecule has 0 saturated carbocycles. The van der Waals surface area contributed by atoms with Crippen molar-refractivity contribution in [3.05, 3.63) is 83.7 Å². The van der Waals surface area contributed by atoms with Gasteiger partial charge in [0, 0.05) is 36.4 Å². The van der Waals surface area contributed by atoms with E-state index in [1.54, 1.807) is 29.4 Å². The number of hydrogen-bond acceptors (Lipinski definition) is 8. The maximum Gasteiger partial charge on any atom is 0.254 e. The van der Waals surface area contributed by atoms with Gasteiger partial charge in [0.2, 0.25) is 0 Å². The molecule has 2 aliphatic rings. The molecule has 6 rings (SSSR count). The molecule has 1 spiro atoms. The van der Waals surface area contributed by atoms with E-state index in [2.05, 4.69) is 30.9 Å². The number of nitrogen functional groups attached to an aromatic ring is 1. The Bertz CT molecular complexity index is 1410. The highest BCUT2D eigenvalue weighted by atomic mass is 16.5. The maximum absolute atomic E-state index is 13.7. The van der Waals surface area contributed by atoms with E-state index in [1.165, 1.54) is 0 Å². The van der Waals surface area contributed by atoms with E-state index in [9.17, 15) is 4.79 Å². The number of carbonyl (C=O) groups is 1. The minimum absolute atomic E-state index is 0.126. The van der Waals surface area contributed by atoms with E-state index in [4.69, 9.17) is 10.5 Å². The highest BCUT2D eigenvalue weighted by molar-refractivity contribution is 5.98. The van der Waals surface area contributed by atoms with Crippen LogP contribution in [0.2, 0.25) is 0 Å². The first-order valence-electron chi connectivity index (χ1n) is 12.0. The minimum Gasteiger partial charge on any atom is -0.383 e. The number of nitrogens with two attached hydrogens (primary N) is 1. The maximum atomic E-state index is 13.7. The van der Waals surface area contributed by atoms with E-state index >= 15 is 0 Å². The lowest BCUT2D eigenvalue weighted by molar-refractivity contribution is -0.127. The summed E-state index contributed by atoms with van der Waals surface area (Å²) in [6.45, 7) is 6.24. The minimum atomic E-state index is -0.126. The molecule has 0 radical (unpaired) electrons. The normalized spacial score (nSPS) is 16.0. The third-order valence-electron chi connectivity index (χ3n) is 6.93. The topological polar surface area (TPSA) is 110 Å². The summed E-state index contributed by atoms with van der Waals surface area (Å²) in [5, 5.41) is 0.870. The molecule has 2 aliphatic heterocycles. The number of anilines is 2. The van der Waals surface area contributed by atoms with Crippen LogP contribution in [0.15, 0.2) is 61.1 Å². The van der Waals surface area contributed by atoms with Gasteiger partial charge in [-0.3, -0.25) is 9.78 Å². The largest absolute Gasteiger partial charge is 0.383 e. The van der Waals surface area contributed by atoms with Crippen molar-refractivity contribution in [1.29, 1.82) is 0 Å². The van der Waals surface area contributed by atoms with Gasteiger partial charge in [0.15, 0.2) is 0 Å². The predicted octanol–water partition coefficient (Wildman–Crippen LogP) is 2.99. The Balaban J connectivity index is 1.24. The molecule has 9 nitrogen and oxygen atoms in total. The summed E-state index contributed by atoms with van der Waals surface area (Å²) in [6.07, 6.45) is 5.25. The number of aryl methyl sites for hydroxylation is 1. The van der Waals surface area contributed by atoms with Crippen molar-refractivity contribution in [2.24, 2.45) is 5.41 Å². The van der Waals surface area contributed by atoms with Crippen LogP contribution in [0.4, 0.5) is 11.5 Å². The number of carbonyl (C=O) groups excluding carboxylic acids is 1. The fraction of sp³-hybridized carbons (Fsp3) is 0.296. The van der Waals surface area contributed by atoms with Crippen LogP contribution in [0.25, 0.3) is 10.9 Å². The average Bonchev–Trinajstić information content (AvgIpc) is 2.83. The van der Waals surface area contributed by atoms with Crippen molar-refractivity contribution in [2.75, 3.05) is 36.9 Å². The summed E-state index contributed by atoms with van der Waals surface area (Å²) < 4.78 is 5.37. The van der Waals surface area contributed by atoms with Gasteiger partial charge in [-0.1, -0.05) is 0 Å². The highest BCUT2D eigenvalue weighted by Crippen LogP contribution is 2.39. The Morgan fingerprint density at radius 1 is 1.08 bits per heavy atom. The van der Waals surface area contributed by atoms with Crippen LogP contribution in [0.1, 0.15) is 27.4 Å². The molecule has 4 aromatic rings. The molecule has 2 fully saturated rings. The molecule has 2 N–H and O–H groups in total.